The first-order valence-corrected chi connectivity index (χ1v) is 8.58. The maximum Gasteiger partial charge on any atom is 0.315 e. The molecule has 0 radical (unpaired) electrons. The van der Waals surface area contributed by atoms with Crippen LogP contribution in [0.3, 0.4) is 0 Å². The third kappa shape index (κ3) is 5.39. The highest BCUT2D eigenvalue weighted by Gasteiger charge is 2.07. The number of amides is 2. The summed E-state index contributed by atoms with van der Waals surface area (Å²) in [4.78, 5) is 11.8. The molecule has 0 atom stereocenters. The molecule has 0 aliphatic heterocycles. The van der Waals surface area contributed by atoms with Gasteiger partial charge in [0.25, 0.3) is 0 Å². The molecule has 0 fully saturated rings. The minimum Gasteiger partial charge on any atom is -0.334 e. The largest absolute Gasteiger partial charge is 0.334 e. The van der Waals surface area contributed by atoms with E-state index in [4.69, 9.17) is 5.14 Å². The topological polar surface area (TPSA) is 101 Å². The van der Waals surface area contributed by atoms with Gasteiger partial charge in [0.05, 0.1) is 4.90 Å². The van der Waals surface area contributed by atoms with Gasteiger partial charge in [-0.05, 0) is 30.2 Å². The van der Waals surface area contributed by atoms with Crippen molar-refractivity contribution in [3.05, 3.63) is 65.2 Å². The second-order valence-electron chi connectivity index (χ2n) is 5.21. The van der Waals surface area contributed by atoms with Crippen LogP contribution < -0.4 is 15.8 Å². The fraction of sp³-hybridized carbons (Fsp3) is 0.188. The van der Waals surface area contributed by atoms with Crippen LogP contribution in [0.1, 0.15) is 16.7 Å². The van der Waals surface area contributed by atoms with Crippen molar-refractivity contribution in [2.24, 2.45) is 5.14 Å². The Balaban J connectivity index is 1.82. The maximum absolute atomic E-state index is 11.8. The number of carbonyl (C=O) groups excluding carboxylic acids is 1. The lowest BCUT2D eigenvalue weighted by atomic mass is 10.1. The standard InChI is InChI=1S/C16H19N3O3S/c1-12-3-2-4-14(9-12)11-19-16(20)18-10-13-5-7-15(8-6-13)23(17,21)22/h2-9H,10-11H2,1H3,(H2,17,21,22)(H2,18,19,20). The summed E-state index contributed by atoms with van der Waals surface area (Å²) in [7, 11) is -3.69. The van der Waals surface area contributed by atoms with Gasteiger partial charge in [0.15, 0.2) is 0 Å². The molecule has 0 saturated carbocycles. The number of rotatable bonds is 5. The zero-order valence-corrected chi connectivity index (χ0v) is 13.6. The van der Waals surface area contributed by atoms with Gasteiger partial charge in [-0.25, -0.2) is 18.4 Å². The van der Waals surface area contributed by atoms with Crippen molar-refractivity contribution in [2.45, 2.75) is 24.9 Å². The highest BCUT2D eigenvalue weighted by Crippen LogP contribution is 2.08. The molecule has 0 unspecified atom stereocenters. The minimum absolute atomic E-state index is 0.0464. The molecule has 2 aromatic rings. The van der Waals surface area contributed by atoms with Gasteiger partial charge in [0, 0.05) is 13.1 Å². The third-order valence-corrected chi connectivity index (χ3v) is 4.17. The second-order valence-corrected chi connectivity index (χ2v) is 6.78. The van der Waals surface area contributed by atoms with E-state index in [2.05, 4.69) is 10.6 Å². The van der Waals surface area contributed by atoms with Gasteiger partial charge in [-0.2, -0.15) is 0 Å². The van der Waals surface area contributed by atoms with E-state index in [9.17, 15) is 13.2 Å². The lowest BCUT2D eigenvalue weighted by Crippen LogP contribution is -2.34. The van der Waals surface area contributed by atoms with Crippen molar-refractivity contribution in [3.63, 3.8) is 0 Å². The first-order valence-electron chi connectivity index (χ1n) is 7.03. The predicted octanol–water partition coefficient (Wildman–Crippen LogP) is 1.64. The Hall–Kier alpha value is -2.38. The summed E-state index contributed by atoms with van der Waals surface area (Å²) in [5.74, 6) is 0. The van der Waals surface area contributed by atoms with Crippen molar-refractivity contribution in [1.82, 2.24) is 10.6 Å². The van der Waals surface area contributed by atoms with Gasteiger partial charge in [0.2, 0.25) is 10.0 Å². The zero-order valence-electron chi connectivity index (χ0n) is 12.7. The van der Waals surface area contributed by atoms with E-state index < -0.39 is 10.0 Å². The molecule has 0 bridgehead atoms. The summed E-state index contributed by atoms with van der Waals surface area (Å²) in [6.07, 6.45) is 0. The quantitative estimate of drug-likeness (QED) is 0.775. The van der Waals surface area contributed by atoms with E-state index in [0.717, 1.165) is 16.7 Å². The number of nitrogens with one attached hydrogen (secondary N) is 2. The van der Waals surface area contributed by atoms with Gasteiger partial charge < -0.3 is 10.6 Å². The van der Waals surface area contributed by atoms with Crippen molar-refractivity contribution < 1.29 is 13.2 Å². The fourth-order valence-corrected chi connectivity index (χ4v) is 2.56. The second kappa shape index (κ2) is 7.26. The first kappa shape index (κ1) is 17.0. The van der Waals surface area contributed by atoms with Crippen LogP contribution >= 0.6 is 0 Å². The molecule has 2 aromatic carbocycles. The number of urea groups is 1. The average molecular weight is 333 g/mol. The molecule has 0 aromatic heterocycles. The van der Waals surface area contributed by atoms with Crippen LogP contribution in [0, 0.1) is 6.92 Å². The molecule has 0 saturated heterocycles. The normalized spacial score (nSPS) is 11.0. The lowest BCUT2D eigenvalue weighted by Gasteiger charge is -2.08. The Kier molecular flexibility index (Phi) is 5.36. The monoisotopic (exact) mass is 333 g/mol. The molecular weight excluding hydrogens is 314 g/mol. The molecular formula is C16H19N3O3S. The van der Waals surface area contributed by atoms with Crippen LogP contribution in [0.5, 0.6) is 0 Å². The summed E-state index contributed by atoms with van der Waals surface area (Å²) < 4.78 is 22.3. The molecule has 0 aliphatic carbocycles. The van der Waals surface area contributed by atoms with Crippen LogP contribution in [0.15, 0.2) is 53.4 Å². The molecule has 0 spiro atoms. The number of carbonyl (C=O) groups is 1. The van der Waals surface area contributed by atoms with Gasteiger partial charge in [-0.1, -0.05) is 42.0 Å². The van der Waals surface area contributed by atoms with E-state index in [1.807, 2.05) is 31.2 Å². The van der Waals surface area contributed by atoms with Crippen molar-refractivity contribution in [3.8, 4) is 0 Å². The molecule has 6 nitrogen and oxygen atoms in total. The van der Waals surface area contributed by atoms with E-state index >= 15 is 0 Å². The Morgan fingerprint density at radius 2 is 1.61 bits per heavy atom. The number of aryl methyl sites for hydroxylation is 1. The molecule has 4 N–H and O–H groups in total. The number of hydrogen-bond donors (Lipinski definition) is 3. The van der Waals surface area contributed by atoms with E-state index in [-0.39, 0.29) is 10.9 Å². The molecule has 122 valence electrons. The average Bonchev–Trinajstić information content (AvgIpc) is 2.50. The Labute approximate surface area is 135 Å². The van der Waals surface area contributed by atoms with Crippen LogP contribution in [0.25, 0.3) is 0 Å². The van der Waals surface area contributed by atoms with Gasteiger partial charge in [0.1, 0.15) is 0 Å². The number of primary sulfonamides is 1. The predicted molar refractivity (Wildman–Crippen MR) is 88.1 cm³/mol. The summed E-state index contributed by atoms with van der Waals surface area (Å²) in [5, 5.41) is 10.5. The highest BCUT2D eigenvalue weighted by molar-refractivity contribution is 7.89. The smallest absolute Gasteiger partial charge is 0.315 e. The Morgan fingerprint density at radius 1 is 1.00 bits per heavy atom. The van der Waals surface area contributed by atoms with Crippen LogP contribution in [0.2, 0.25) is 0 Å². The lowest BCUT2D eigenvalue weighted by molar-refractivity contribution is 0.240. The van der Waals surface area contributed by atoms with Crippen molar-refractivity contribution in [1.29, 1.82) is 0 Å². The molecule has 2 amide bonds. The summed E-state index contributed by atoms with van der Waals surface area (Å²) in [6.45, 7) is 2.73. The first-order chi connectivity index (χ1) is 10.8. The van der Waals surface area contributed by atoms with E-state index in [1.165, 1.54) is 12.1 Å². The summed E-state index contributed by atoms with van der Waals surface area (Å²) in [6, 6.07) is 13.6. The molecule has 0 aliphatic rings. The molecule has 2 rings (SSSR count). The van der Waals surface area contributed by atoms with E-state index in [1.54, 1.807) is 12.1 Å². The summed E-state index contributed by atoms with van der Waals surface area (Å²) in [5.41, 5.74) is 2.94. The van der Waals surface area contributed by atoms with Crippen molar-refractivity contribution in [2.75, 3.05) is 0 Å². The maximum atomic E-state index is 11.8. The molecule has 0 heterocycles. The fourth-order valence-electron chi connectivity index (χ4n) is 2.05. The van der Waals surface area contributed by atoms with E-state index in [0.29, 0.717) is 13.1 Å². The number of hydrogen-bond acceptors (Lipinski definition) is 3. The third-order valence-electron chi connectivity index (χ3n) is 3.24. The Bertz CT molecular complexity index is 786. The van der Waals surface area contributed by atoms with Crippen LogP contribution in [-0.2, 0) is 23.1 Å². The number of sulfonamides is 1. The van der Waals surface area contributed by atoms with Gasteiger partial charge in [-0.3, -0.25) is 0 Å². The van der Waals surface area contributed by atoms with Crippen LogP contribution in [0.4, 0.5) is 4.79 Å². The highest BCUT2D eigenvalue weighted by atomic mass is 32.2. The van der Waals surface area contributed by atoms with Crippen LogP contribution in [-0.4, -0.2) is 14.4 Å². The molecule has 7 heteroatoms. The SMILES string of the molecule is Cc1cccc(CNC(=O)NCc2ccc(S(N)(=O)=O)cc2)c1. The van der Waals surface area contributed by atoms with Gasteiger partial charge in [-0.15, -0.1) is 0 Å². The number of nitrogens with two attached hydrogens (primary N) is 1. The number of benzene rings is 2. The zero-order chi connectivity index (χ0) is 16.9. The Morgan fingerprint density at radius 3 is 2.17 bits per heavy atom. The molecule has 23 heavy (non-hydrogen) atoms. The summed E-state index contributed by atoms with van der Waals surface area (Å²) >= 11 is 0. The van der Waals surface area contributed by atoms with Gasteiger partial charge >= 0.3 is 6.03 Å². The minimum atomic E-state index is -3.69. The van der Waals surface area contributed by atoms with Crippen molar-refractivity contribution >= 4 is 16.1 Å².